The van der Waals surface area contributed by atoms with E-state index in [1.807, 2.05) is 44.2 Å². The molecule has 1 fully saturated rings. The number of rotatable bonds is 4. The van der Waals surface area contributed by atoms with Crippen LogP contribution in [-0.2, 0) is 16.0 Å². The van der Waals surface area contributed by atoms with Crippen LogP contribution in [0, 0.1) is 11.8 Å². The summed E-state index contributed by atoms with van der Waals surface area (Å²) >= 11 is 2.64. The van der Waals surface area contributed by atoms with Gasteiger partial charge in [-0.15, -0.1) is 35.1 Å². The lowest BCUT2D eigenvalue weighted by Crippen LogP contribution is -2.47. The van der Waals surface area contributed by atoms with Gasteiger partial charge in [0.25, 0.3) is 11.8 Å². The molecule has 2 aromatic heterocycles. The molecule has 4 N–H and O–H groups in total. The Bertz CT molecular complexity index is 1460. The summed E-state index contributed by atoms with van der Waals surface area (Å²) in [6.45, 7) is 6.04. The molecule has 0 aliphatic carbocycles. The van der Waals surface area contributed by atoms with Crippen molar-refractivity contribution < 1.29 is 19.2 Å². The summed E-state index contributed by atoms with van der Waals surface area (Å²) in [5.41, 5.74) is 1.54. The molecule has 2 aliphatic heterocycles. The van der Waals surface area contributed by atoms with Gasteiger partial charge in [0.15, 0.2) is 0 Å². The minimum Gasteiger partial charge on any atom is -0.351 e. The van der Waals surface area contributed by atoms with Crippen molar-refractivity contribution in [1.82, 2.24) is 36.1 Å². The standard InChI is InChI=1S/C31H39N7O4S2.ClH/c1-19(2)26-30-36-23(17-44-30)27(40)33-11-6-14-38(31(42)21-9-12-32-13-10-21)16-25(39)34-22(15-20-7-4-3-5-8-20)29-35-24(18-43-29)28(41)37-26;/h3-5,7-8,17-19,21-22,26,32H,6,9-16H2,1-2H3,(H,33,40)(H,34,39)(H,37,41);1H/t22-,26-;/m0./s1. The van der Waals surface area contributed by atoms with Crippen molar-refractivity contribution in [3.8, 4) is 0 Å². The average molecular weight is 674 g/mol. The lowest BCUT2D eigenvalue weighted by Gasteiger charge is -2.30. The van der Waals surface area contributed by atoms with Gasteiger partial charge in [-0.1, -0.05) is 44.2 Å². The highest BCUT2D eigenvalue weighted by atomic mass is 35.5. The van der Waals surface area contributed by atoms with Crippen molar-refractivity contribution in [2.45, 2.75) is 51.6 Å². The van der Waals surface area contributed by atoms with E-state index in [9.17, 15) is 19.2 Å². The monoisotopic (exact) mass is 673 g/mol. The van der Waals surface area contributed by atoms with Gasteiger partial charge in [-0.05, 0) is 50.3 Å². The molecule has 14 heteroatoms. The Morgan fingerprint density at radius 3 is 2.31 bits per heavy atom. The minimum absolute atomic E-state index is 0. The van der Waals surface area contributed by atoms with Gasteiger partial charge in [0, 0.05) is 29.8 Å². The molecule has 0 unspecified atom stereocenters. The predicted octanol–water partition coefficient (Wildman–Crippen LogP) is 3.51. The van der Waals surface area contributed by atoms with Crippen LogP contribution in [0.1, 0.15) is 81.7 Å². The molecule has 0 saturated carbocycles. The molecular formula is C31H40ClN7O4S2. The molecule has 4 bridgehead atoms. The van der Waals surface area contributed by atoms with Crippen molar-refractivity contribution in [3.63, 3.8) is 0 Å². The van der Waals surface area contributed by atoms with E-state index in [1.165, 1.54) is 22.7 Å². The van der Waals surface area contributed by atoms with Gasteiger partial charge in [0.1, 0.15) is 21.4 Å². The molecule has 4 amide bonds. The summed E-state index contributed by atoms with van der Waals surface area (Å²) in [5.74, 6) is -1.15. The number of hydrogen-bond donors (Lipinski definition) is 4. The second-order valence-electron chi connectivity index (χ2n) is 11.5. The molecular weight excluding hydrogens is 634 g/mol. The second kappa shape index (κ2) is 16.3. The van der Waals surface area contributed by atoms with Crippen LogP contribution in [0.5, 0.6) is 0 Å². The lowest BCUT2D eigenvalue weighted by atomic mass is 9.96. The number of nitrogens with zero attached hydrogens (tertiary/aromatic N) is 3. The Labute approximate surface area is 277 Å². The number of aromatic nitrogens is 2. The van der Waals surface area contributed by atoms with Gasteiger partial charge in [-0.2, -0.15) is 0 Å². The van der Waals surface area contributed by atoms with Gasteiger partial charge >= 0.3 is 0 Å². The number of benzene rings is 1. The minimum atomic E-state index is -0.490. The van der Waals surface area contributed by atoms with Crippen molar-refractivity contribution in [2.24, 2.45) is 11.8 Å². The summed E-state index contributed by atoms with van der Waals surface area (Å²) < 4.78 is 0. The Balaban J connectivity index is 0.00000461. The number of thiazole rings is 2. The summed E-state index contributed by atoms with van der Waals surface area (Å²) in [5, 5.41) is 17.0. The molecule has 0 spiro atoms. The first-order chi connectivity index (χ1) is 21.3. The van der Waals surface area contributed by atoms with Crippen LogP contribution in [-0.4, -0.2) is 71.2 Å². The quantitative estimate of drug-likeness (QED) is 0.332. The van der Waals surface area contributed by atoms with Crippen molar-refractivity contribution in [1.29, 1.82) is 0 Å². The smallest absolute Gasteiger partial charge is 0.271 e. The zero-order valence-electron chi connectivity index (χ0n) is 25.4. The first-order valence-electron chi connectivity index (χ1n) is 15.1. The molecule has 242 valence electrons. The normalized spacial score (nSPS) is 20.6. The zero-order valence-corrected chi connectivity index (χ0v) is 27.9. The van der Waals surface area contributed by atoms with Gasteiger partial charge in [0.2, 0.25) is 11.8 Å². The van der Waals surface area contributed by atoms with Crippen LogP contribution in [0.4, 0.5) is 0 Å². The summed E-state index contributed by atoms with van der Waals surface area (Å²) in [7, 11) is 0. The summed E-state index contributed by atoms with van der Waals surface area (Å²) in [6, 6.07) is 8.89. The van der Waals surface area contributed by atoms with E-state index >= 15 is 0 Å². The number of hydrogen-bond acceptors (Lipinski definition) is 9. The maximum atomic E-state index is 13.6. The molecule has 0 radical (unpaired) electrons. The highest BCUT2D eigenvalue weighted by molar-refractivity contribution is 7.10. The predicted molar refractivity (Wildman–Crippen MR) is 177 cm³/mol. The number of amides is 4. The van der Waals surface area contributed by atoms with E-state index in [0.29, 0.717) is 35.9 Å². The average Bonchev–Trinajstić information content (AvgIpc) is 3.72. The number of carbonyl (C=O) groups excluding carboxylic acids is 4. The summed E-state index contributed by atoms with van der Waals surface area (Å²) in [4.78, 5) is 64.2. The van der Waals surface area contributed by atoms with E-state index < -0.39 is 12.1 Å². The Kier molecular flexibility index (Phi) is 12.5. The van der Waals surface area contributed by atoms with Gasteiger partial charge < -0.3 is 26.2 Å². The first-order valence-corrected chi connectivity index (χ1v) is 16.9. The molecule has 2 aliphatic rings. The molecule has 1 aromatic carbocycles. The lowest BCUT2D eigenvalue weighted by molar-refractivity contribution is -0.140. The van der Waals surface area contributed by atoms with Crippen LogP contribution >= 0.6 is 35.1 Å². The van der Waals surface area contributed by atoms with E-state index in [-0.39, 0.29) is 65.8 Å². The molecule has 3 aromatic rings. The Morgan fingerprint density at radius 2 is 1.60 bits per heavy atom. The fourth-order valence-corrected chi connectivity index (χ4v) is 7.31. The van der Waals surface area contributed by atoms with Crippen LogP contribution in [0.15, 0.2) is 41.1 Å². The van der Waals surface area contributed by atoms with Gasteiger partial charge in [-0.25, -0.2) is 9.97 Å². The third kappa shape index (κ3) is 9.09. The van der Waals surface area contributed by atoms with E-state index in [1.54, 1.807) is 15.7 Å². The van der Waals surface area contributed by atoms with Crippen LogP contribution < -0.4 is 21.3 Å². The third-order valence-corrected chi connectivity index (χ3v) is 9.76. The zero-order chi connectivity index (χ0) is 31.1. The largest absolute Gasteiger partial charge is 0.351 e. The molecule has 45 heavy (non-hydrogen) atoms. The molecule has 2 atom stereocenters. The van der Waals surface area contributed by atoms with E-state index in [2.05, 4.69) is 31.2 Å². The number of carbonyl (C=O) groups is 4. The molecule has 5 rings (SSSR count). The molecule has 1 saturated heterocycles. The maximum absolute atomic E-state index is 13.6. The number of nitrogens with one attached hydrogen (secondary N) is 4. The SMILES string of the molecule is CC(C)[C@@H]1NC(=O)c2csc(n2)[C@H](Cc2ccccc2)NC(=O)CN(C(=O)C2CCNCC2)CCCNC(=O)c2csc1n2.Cl. The molecule has 11 nitrogen and oxygen atoms in total. The van der Waals surface area contributed by atoms with Crippen molar-refractivity contribution in [3.05, 3.63) is 68.1 Å². The van der Waals surface area contributed by atoms with E-state index in [4.69, 9.17) is 0 Å². The van der Waals surface area contributed by atoms with Crippen LogP contribution in [0.2, 0.25) is 0 Å². The number of piperidine rings is 1. The second-order valence-corrected chi connectivity index (χ2v) is 13.3. The van der Waals surface area contributed by atoms with Crippen LogP contribution in [0.3, 0.4) is 0 Å². The highest BCUT2D eigenvalue weighted by Gasteiger charge is 2.30. The van der Waals surface area contributed by atoms with E-state index in [0.717, 1.165) is 31.5 Å². The Morgan fingerprint density at radius 1 is 0.933 bits per heavy atom. The fraction of sp³-hybridized carbons (Fsp3) is 0.484. The Hall–Kier alpha value is -3.39. The third-order valence-electron chi connectivity index (χ3n) is 7.87. The maximum Gasteiger partial charge on any atom is 0.271 e. The fourth-order valence-electron chi connectivity index (χ4n) is 5.44. The first kappa shape index (κ1) is 34.5. The number of fused-ring (bicyclic) bond motifs is 4. The van der Waals surface area contributed by atoms with Gasteiger partial charge in [0.05, 0.1) is 18.6 Å². The number of halogens is 1. The van der Waals surface area contributed by atoms with Crippen LogP contribution in [0.25, 0.3) is 0 Å². The van der Waals surface area contributed by atoms with Gasteiger partial charge in [-0.3, -0.25) is 19.2 Å². The topological polar surface area (TPSA) is 145 Å². The van der Waals surface area contributed by atoms with Crippen molar-refractivity contribution >= 4 is 58.7 Å². The summed E-state index contributed by atoms with van der Waals surface area (Å²) in [6.07, 6.45) is 2.40. The highest BCUT2D eigenvalue weighted by Crippen LogP contribution is 2.27. The molecule has 4 heterocycles. The van der Waals surface area contributed by atoms with Crippen molar-refractivity contribution in [2.75, 3.05) is 32.7 Å².